The van der Waals surface area contributed by atoms with Crippen LogP contribution in [0.25, 0.3) is 0 Å². The third-order valence-corrected chi connectivity index (χ3v) is 4.27. The Labute approximate surface area is 120 Å². The molecule has 1 unspecified atom stereocenters. The molecule has 1 saturated heterocycles. The highest BCUT2D eigenvalue weighted by Crippen LogP contribution is 2.33. The first-order chi connectivity index (χ1) is 9.74. The smallest absolute Gasteiger partial charge is 0.225 e. The van der Waals surface area contributed by atoms with E-state index in [0.717, 1.165) is 24.5 Å². The van der Waals surface area contributed by atoms with E-state index in [1.165, 1.54) is 25.7 Å². The first-order valence-electron chi connectivity index (χ1n) is 7.63. The minimum absolute atomic E-state index is 0.0222. The van der Waals surface area contributed by atoms with Gasteiger partial charge in [-0.3, -0.25) is 4.79 Å². The third kappa shape index (κ3) is 3.12. The molecule has 0 aromatic heterocycles. The highest BCUT2D eigenvalue weighted by Gasteiger charge is 2.30. The van der Waals surface area contributed by atoms with E-state index in [0.29, 0.717) is 12.3 Å². The molecule has 1 aliphatic carbocycles. The molecule has 1 amide bonds. The van der Waals surface area contributed by atoms with Gasteiger partial charge in [-0.15, -0.1) is 0 Å². The molecule has 0 radical (unpaired) electrons. The Morgan fingerprint density at radius 3 is 2.70 bits per heavy atom. The normalized spacial score (nSPS) is 19.9. The van der Waals surface area contributed by atoms with Crippen LogP contribution in [0.3, 0.4) is 0 Å². The van der Waals surface area contributed by atoms with Crippen LogP contribution in [0.2, 0.25) is 0 Å². The summed E-state index contributed by atoms with van der Waals surface area (Å²) in [6.45, 7) is 2.16. The van der Waals surface area contributed by atoms with Crippen LogP contribution in [0.1, 0.15) is 32.1 Å². The fourth-order valence-corrected chi connectivity index (χ4v) is 2.92. The number of carbonyl (C=O) groups excluding carboxylic acids is 1. The lowest BCUT2D eigenvalue weighted by molar-refractivity contribution is -0.116. The summed E-state index contributed by atoms with van der Waals surface area (Å²) in [5.74, 6) is 0.602. The molecule has 4 nitrogen and oxygen atoms in total. The summed E-state index contributed by atoms with van der Waals surface area (Å²) in [5, 5.41) is 3.04. The van der Waals surface area contributed by atoms with Gasteiger partial charge >= 0.3 is 0 Å². The van der Waals surface area contributed by atoms with Crippen LogP contribution in [-0.4, -0.2) is 25.0 Å². The van der Waals surface area contributed by atoms with Gasteiger partial charge < -0.3 is 16.0 Å². The highest BCUT2D eigenvalue weighted by atomic mass is 16.1. The maximum absolute atomic E-state index is 12.1. The molecule has 2 fully saturated rings. The molecule has 108 valence electrons. The Morgan fingerprint density at radius 2 is 2.00 bits per heavy atom. The zero-order valence-electron chi connectivity index (χ0n) is 11.8. The Kier molecular flexibility index (Phi) is 3.92. The van der Waals surface area contributed by atoms with Crippen molar-refractivity contribution in [3.8, 4) is 0 Å². The van der Waals surface area contributed by atoms with Crippen molar-refractivity contribution < 1.29 is 4.79 Å². The van der Waals surface area contributed by atoms with Gasteiger partial charge in [0.2, 0.25) is 5.91 Å². The fourth-order valence-electron chi connectivity index (χ4n) is 2.92. The van der Waals surface area contributed by atoms with Gasteiger partial charge in [0.25, 0.3) is 0 Å². The first-order valence-corrected chi connectivity index (χ1v) is 7.63. The molecule has 2 aliphatic rings. The lowest BCUT2D eigenvalue weighted by atomic mass is 10.1. The average Bonchev–Trinajstić information content (AvgIpc) is 3.15. The number of para-hydroxylation sites is 2. The fraction of sp³-hybridized carbons (Fsp3) is 0.562. The Balaban J connectivity index is 1.65. The first kappa shape index (κ1) is 13.4. The predicted octanol–water partition coefficient (Wildman–Crippen LogP) is 2.35. The number of amides is 1. The summed E-state index contributed by atoms with van der Waals surface area (Å²) in [6, 6.07) is 8.08. The number of rotatable bonds is 5. The highest BCUT2D eigenvalue weighted by molar-refractivity contribution is 5.94. The molecule has 1 saturated carbocycles. The van der Waals surface area contributed by atoms with Crippen LogP contribution < -0.4 is 16.0 Å². The van der Waals surface area contributed by atoms with Crippen molar-refractivity contribution >= 4 is 17.3 Å². The number of carbonyl (C=O) groups is 1. The zero-order valence-corrected chi connectivity index (χ0v) is 11.8. The minimum atomic E-state index is 0.0222. The van der Waals surface area contributed by atoms with E-state index in [1.807, 2.05) is 18.2 Å². The maximum atomic E-state index is 12.1. The number of nitrogens with one attached hydrogen (secondary N) is 1. The Hall–Kier alpha value is -1.55. The third-order valence-electron chi connectivity index (χ3n) is 4.27. The van der Waals surface area contributed by atoms with Gasteiger partial charge in [0.05, 0.1) is 11.4 Å². The number of hydrogen-bond donors (Lipinski definition) is 2. The molecular formula is C16H23N3O. The van der Waals surface area contributed by atoms with Crippen LogP contribution in [0.4, 0.5) is 11.4 Å². The number of nitrogens with two attached hydrogens (primary N) is 1. The second-order valence-corrected chi connectivity index (χ2v) is 5.96. The van der Waals surface area contributed by atoms with Gasteiger partial charge in [-0.2, -0.15) is 0 Å². The minimum Gasteiger partial charge on any atom is -0.370 e. The molecule has 4 heteroatoms. The van der Waals surface area contributed by atoms with Crippen molar-refractivity contribution in [2.24, 2.45) is 11.7 Å². The maximum Gasteiger partial charge on any atom is 0.225 e. The molecule has 1 aliphatic heterocycles. The number of benzene rings is 1. The summed E-state index contributed by atoms with van der Waals surface area (Å²) in [6.07, 6.45) is 5.25. The van der Waals surface area contributed by atoms with Crippen LogP contribution in [-0.2, 0) is 4.79 Å². The number of anilines is 2. The van der Waals surface area contributed by atoms with Crippen LogP contribution >= 0.6 is 0 Å². The molecule has 1 heterocycles. The standard InChI is InChI=1S/C16H23N3O/c17-13(12-7-8-12)11-16(20)18-14-5-1-2-6-15(14)19-9-3-4-10-19/h1-2,5-6,12-13H,3-4,7-11,17H2,(H,18,20). The van der Waals surface area contributed by atoms with Crippen molar-refractivity contribution in [3.05, 3.63) is 24.3 Å². The molecule has 0 bridgehead atoms. The molecule has 1 aromatic carbocycles. The molecule has 3 N–H and O–H groups in total. The van der Waals surface area contributed by atoms with Gasteiger partial charge in [-0.1, -0.05) is 12.1 Å². The Bertz CT molecular complexity index is 478. The molecular weight excluding hydrogens is 250 g/mol. The molecule has 20 heavy (non-hydrogen) atoms. The van der Waals surface area contributed by atoms with Crippen LogP contribution in [0, 0.1) is 5.92 Å². The van der Waals surface area contributed by atoms with Crippen molar-refractivity contribution in [1.82, 2.24) is 0 Å². The average molecular weight is 273 g/mol. The second-order valence-electron chi connectivity index (χ2n) is 5.96. The second kappa shape index (κ2) is 5.83. The molecule has 1 aromatic rings. The lowest BCUT2D eigenvalue weighted by Gasteiger charge is -2.21. The molecule has 0 spiro atoms. The van der Waals surface area contributed by atoms with Gasteiger partial charge in [0.15, 0.2) is 0 Å². The van der Waals surface area contributed by atoms with Gasteiger partial charge in [-0.25, -0.2) is 0 Å². The van der Waals surface area contributed by atoms with Crippen molar-refractivity contribution in [2.75, 3.05) is 23.3 Å². The monoisotopic (exact) mass is 273 g/mol. The number of hydrogen-bond acceptors (Lipinski definition) is 3. The summed E-state index contributed by atoms with van der Waals surface area (Å²) in [4.78, 5) is 14.5. The quantitative estimate of drug-likeness (QED) is 0.866. The summed E-state index contributed by atoms with van der Waals surface area (Å²) in [7, 11) is 0. The molecule has 1 atom stereocenters. The van der Waals surface area contributed by atoms with Crippen LogP contribution in [0.5, 0.6) is 0 Å². The van der Waals surface area contributed by atoms with Gasteiger partial charge in [0.1, 0.15) is 0 Å². The number of nitrogens with zero attached hydrogens (tertiary/aromatic N) is 1. The van der Waals surface area contributed by atoms with E-state index >= 15 is 0 Å². The topological polar surface area (TPSA) is 58.4 Å². The van der Waals surface area contributed by atoms with Gasteiger partial charge in [-0.05, 0) is 43.7 Å². The predicted molar refractivity (Wildman–Crippen MR) is 81.8 cm³/mol. The summed E-state index contributed by atoms with van der Waals surface area (Å²) < 4.78 is 0. The van der Waals surface area contributed by atoms with Crippen LogP contribution in [0.15, 0.2) is 24.3 Å². The van der Waals surface area contributed by atoms with E-state index in [2.05, 4.69) is 16.3 Å². The zero-order chi connectivity index (χ0) is 13.9. The van der Waals surface area contributed by atoms with Crippen molar-refractivity contribution in [2.45, 2.75) is 38.1 Å². The van der Waals surface area contributed by atoms with E-state index in [1.54, 1.807) is 0 Å². The summed E-state index contributed by atoms with van der Waals surface area (Å²) in [5.41, 5.74) is 8.08. The summed E-state index contributed by atoms with van der Waals surface area (Å²) >= 11 is 0. The lowest BCUT2D eigenvalue weighted by Crippen LogP contribution is -2.29. The Morgan fingerprint density at radius 1 is 1.30 bits per heavy atom. The van der Waals surface area contributed by atoms with Crippen molar-refractivity contribution in [1.29, 1.82) is 0 Å². The van der Waals surface area contributed by atoms with E-state index in [4.69, 9.17) is 5.73 Å². The SMILES string of the molecule is NC(CC(=O)Nc1ccccc1N1CCCC1)C1CC1. The van der Waals surface area contributed by atoms with E-state index in [-0.39, 0.29) is 11.9 Å². The van der Waals surface area contributed by atoms with Crippen molar-refractivity contribution in [3.63, 3.8) is 0 Å². The van der Waals surface area contributed by atoms with Gasteiger partial charge in [0, 0.05) is 25.6 Å². The van der Waals surface area contributed by atoms with E-state index < -0.39 is 0 Å². The largest absolute Gasteiger partial charge is 0.370 e. The molecule has 3 rings (SSSR count). The van der Waals surface area contributed by atoms with E-state index in [9.17, 15) is 4.79 Å².